The summed E-state index contributed by atoms with van der Waals surface area (Å²) in [7, 11) is 1.56. The first kappa shape index (κ1) is 15.2. The van der Waals surface area contributed by atoms with Gasteiger partial charge in [0.2, 0.25) is 0 Å². The fourth-order valence-electron chi connectivity index (χ4n) is 1.83. The third-order valence-electron chi connectivity index (χ3n) is 2.86. The first-order valence-electron chi connectivity index (χ1n) is 6.20. The molecule has 0 bridgehead atoms. The molecule has 1 amide bonds. The van der Waals surface area contributed by atoms with E-state index in [-0.39, 0.29) is 12.5 Å². The summed E-state index contributed by atoms with van der Waals surface area (Å²) in [4.78, 5) is 11.5. The number of hydrazine groups is 1. The van der Waals surface area contributed by atoms with Crippen LogP contribution in [-0.2, 0) is 6.61 Å². The monoisotopic (exact) mass is 306 g/mol. The smallest absolute Gasteiger partial charge is 0.265 e. The molecule has 110 valence electrons. The molecule has 3 N–H and O–H groups in total. The van der Waals surface area contributed by atoms with Gasteiger partial charge in [0.25, 0.3) is 5.91 Å². The summed E-state index contributed by atoms with van der Waals surface area (Å²) < 4.78 is 10.9. The van der Waals surface area contributed by atoms with Crippen LogP contribution in [0.3, 0.4) is 0 Å². The van der Waals surface area contributed by atoms with Gasteiger partial charge in [-0.25, -0.2) is 5.84 Å². The van der Waals surface area contributed by atoms with Crippen LogP contribution in [-0.4, -0.2) is 13.0 Å². The number of carbonyl (C=O) groups is 1. The Labute approximate surface area is 127 Å². The van der Waals surface area contributed by atoms with E-state index in [4.69, 9.17) is 26.9 Å². The van der Waals surface area contributed by atoms with Crippen LogP contribution in [0.15, 0.2) is 42.5 Å². The average Bonchev–Trinajstić information content (AvgIpc) is 2.52. The summed E-state index contributed by atoms with van der Waals surface area (Å²) in [6.07, 6.45) is 0. The second-order valence-electron chi connectivity index (χ2n) is 4.25. The SMILES string of the molecule is COc1ccc(C(=O)NN)cc1COc1cccc(Cl)c1. The Kier molecular flexibility index (Phi) is 5.03. The summed E-state index contributed by atoms with van der Waals surface area (Å²) in [6, 6.07) is 12.1. The highest BCUT2D eigenvalue weighted by molar-refractivity contribution is 6.30. The summed E-state index contributed by atoms with van der Waals surface area (Å²) in [5.41, 5.74) is 3.26. The van der Waals surface area contributed by atoms with Crippen molar-refractivity contribution in [2.45, 2.75) is 6.61 Å². The predicted molar refractivity (Wildman–Crippen MR) is 80.4 cm³/mol. The van der Waals surface area contributed by atoms with Gasteiger partial charge in [-0.2, -0.15) is 0 Å². The van der Waals surface area contributed by atoms with Gasteiger partial charge < -0.3 is 9.47 Å². The topological polar surface area (TPSA) is 73.6 Å². The van der Waals surface area contributed by atoms with Crippen molar-refractivity contribution in [1.82, 2.24) is 5.43 Å². The van der Waals surface area contributed by atoms with Crippen LogP contribution >= 0.6 is 11.6 Å². The van der Waals surface area contributed by atoms with Crippen molar-refractivity contribution in [2.24, 2.45) is 5.84 Å². The fraction of sp³-hybridized carbons (Fsp3) is 0.133. The molecule has 0 heterocycles. The highest BCUT2D eigenvalue weighted by Gasteiger charge is 2.10. The zero-order valence-corrected chi connectivity index (χ0v) is 12.2. The molecule has 2 rings (SSSR count). The van der Waals surface area contributed by atoms with Gasteiger partial charge in [-0.1, -0.05) is 17.7 Å². The molecule has 2 aromatic carbocycles. The number of nitrogens with one attached hydrogen (secondary N) is 1. The van der Waals surface area contributed by atoms with Gasteiger partial charge >= 0.3 is 0 Å². The third kappa shape index (κ3) is 3.87. The van der Waals surface area contributed by atoms with Crippen molar-refractivity contribution in [3.8, 4) is 11.5 Å². The number of ether oxygens (including phenoxy) is 2. The van der Waals surface area contributed by atoms with Crippen LogP contribution in [0.4, 0.5) is 0 Å². The van der Waals surface area contributed by atoms with Gasteiger partial charge in [-0.15, -0.1) is 0 Å². The Morgan fingerprint density at radius 1 is 1.29 bits per heavy atom. The maximum Gasteiger partial charge on any atom is 0.265 e. The molecule has 0 aliphatic rings. The maximum absolute atomic E-state index is 11.5. The number of benzene rings is 2. The van der Waals surface area contributed by atoms with Crippen molar-refractivity contribution < 1.29 is 14.3 Å². The van der Waals surface area contributed by atoms with E-state index in [1.165, 1.54) is 0 Å². The molecule has 0 aromatic heterocycles. The van der Waals surface area contributed by atoms with Crippen molar-refractivity contribution in [1.29, 1.82) is 0 Å². The molecule has 0 aliphatic heterocycles. The maximum atomic E-state index is 11.5. The standard InChI is InChI=1S/C15H15ClN2O3/c1-20-14-6-5-10(15(19)18-17)7-11(14)9-21-13-4-2-3-12(16)8-13/h2-8H,9,17H2,1H3,(H,18,19). The highest BCUT2D eigenvalue weighted by atomic mass is 35.5. The van der Waals surface area contributed by atoms with Crippen molar-refractivity contribution in [2.75, 3.05) is 7.11 Å². The largest absolute Gasteiger partial charge is 0.496 e. The van der Waals surface area contributed by atoms with Gasteiger partial charge in [-0.05, 0) is 36.4 Å². The normalized spacial score (nSPS) is 10.0. The van der Waals surface area contributed by atoms with Gasteiger partial charge in [0, 0.05) is 16.1 Å². The Bertz CT molecular complexity index is 647. The van der Waals surface area contributed by atoms with Gasteiger partial charge in [0.15, 0.2) is 0 Å². The lowest BCUT2D eigenvalue weighted by Gasteiger charge is -2.12. The molecule has 0 saturated carbocycles. The van der Waals surface area contributed by atoms with E-state index in [1.54, 1.807) is 49.6 Å². The molecule has 0 unspecified atom stereocenters. The minimum absolute atomic E-state index is 0.245. The van der Waals surface area contributed by atoms with E-state index in [0.717, 1.165) is 5.56 Å². The second-order valence-corrected chi connectivity index (χ2v) is 4.68. The number of nitrogen functional groups attached to an aromatic ring is 1. The van der Waals surface area contributed by atoms with Crippen LogP contribution in [0.1, 0.15) is 15.9 Å². The number of amides is 1. The lowest BCUT2D eigenvalue weighted by atomic mass is 10.1. The lowest BCUT2D eigenvalue weighted by Crippen LogP contribution is -2.30. The molecule has 0 fully saturated rings. The van der Waals surface area contributed by atoms with E-state index in [0.29, 0.717) is 22.1 Å². The van der Waals surface area contributed by atoms with E-state index >= 15 is 0 Å². The average molecular weight is 307 g/mol. The van der Waals surface area contributed by atoms with Crippen LogP contribution < -0.4 is 20.7 Å². The van der Waals surface area contributed by atoms with E-state index < -0.39 is 0 Å². The van der Waals surface area contributed by atoms with Crippen LogP contribution in [0.25, 0.3) is 0 Å². The molecule has 0 spiro atoms. The molecule has 21 heavy (non-hydrogen) atoms. The summed E-state index contributed by atoms with van der Waals surface area (Å²) >= 11 is 5.90. The first-order chi connectivity index (χ1) is 10.1. The minimum atomic E-state index is -0.373. The quantitative estimate of drug-likeness (QED) is 0.506. The highest BCUT2D eigenvalue weighted by Crippen LogP contribution is 2.23. The minimum Gasteiger partial charge on any atom is -0.496 e. The molecular weight excluding hydrogens is 292 g/mol. The molecule has 0 radical (unpaired) electrons. The number of rotatable bonds is 5. The molecule has 6 heteroatoms. The fourth-order valence-corrected chi connectivity index (χ4v) is 2.01. The Morgan fingerprint density at radius 3 is 2.76 bits per heavy atom. The lowest BCUT2D eigenvalue weighted by molar-refractivity contribution is 0.0953. The van der Waals surface area contributed by atoms with Crippen molar-refractivity contribution in [3.63, 3.8) is 0 Å². The van der Waals surface area contributed by atoms with Gasteiger partial charge in [-0.3, -0.25) is 10.2 Å². The van der Waals surface area contributed by atoms with Crippen LogP contribution in [0.2, 0.25) is 5.02 Å². The molecule has 2 aromatic rings. The number of hydrogen-bond donors (Lipinski definition) is 2. The van der Waals surface area contributed by atoms with E-state index in [1.807, 2.05) is 0 Å². The summed E-state index contributed by atoms with van der Waals surface area (Å²) in [5, 5.41) is 0.593. The number of methoxy groups -OCH3 is 1. The molecule has 0 saturated heterocycles. The van der Waals surface area contributed by atoms with Crippen molar-refractivity contribution in [3.05, 3.63) is 58.6 Å². The number of nitrogens with two attached hydrogens (primary N) is 1. The zero-order chi connectivity index (χ0) is 15.2. The van der Waals surface area contributed by atoms with Gasteiger partial charge in [0.05, 0.1) is 7.11 Å². The Morgan fingerprint density at radius 2 is 2.10 bits per heavy atom. The second kappa shape index (κ2) is 6.97. The predicted octanol–water partition coefficient (Wildman–Crippen LogP) is 2.53. The van der Waals surface area contributed by atoms with Crippen LogP contribution in [0, 0.1) is 0 Å². The van der Waals surface area contributed by atoms with Crippen LogP contribution in [0.5, 0.6) is 11.5 Å². The summed E-state index contributed by atoms with van der Waals surface area (Å²) in [5.74, 6) is 6.02. The number of carbonyl (C=O) groups excluding carboxylic acids is 1. The van der Waals surface area contributed by atoms with E-state index in [9.17, 15) is 4.79 Å². The third-order valence-corrected chi connectivity index (χ3v) is 3.10. The number of halogens is 1. The number of hydrogen-bond acceptors (Lipinski definition) is 4. The zero-order valence-electron chi connectivity index (χ0n) is 11.4. The Hall–Kier alpha value is -2.24. The van der Waals surface area contributed by atoms with E-state index in [2.05, 4.69) is 5.43 Å². The molecule has 5 nitrogen and oxygen atoms in total. The summed E-state index contributed by atoms with van der Waals surface area (Å²) in [6.45, 7) is 0.245. The van der Waals surface area contributed by atoms with Crippen molar-refractivity contribution >= 4 is 17.5 Å². The first-order valence-corrected chi connectivity index (χ1v) is 6.58. The molecular formula is C15H15ClN2O3. The molecule has 0 aliphatic carbocycles. The van der Waals surface area contributed by atoms with Gasteiger partial charge in [0.1, 0.15) is 18.1 Å². The molecule has 0 atom stereocenters. The Balaban J connectivity index is 2.19.